The Morgan fingerprint density at radius 1 is 1.33 bits per heavy atom. The molecule has 5 heteroatoms. The summed E-state index contributed by atoms with van der Waals surface area (Å²) < 4.78 is 5.32. The van der Waals surface area contributed by atoms with Gasteiger partial charge in [0.2, 0.25) is 5.91 Å². The fraction of sp³-hybridized carbons (Fsp3) is 0.923. The fourth-order valence-electron chi connectivity index (χ4n) is 2.19. The highest BCUT2D eigenvalue weighted by Gasteiger charge is 2.15. The van der Waals surface area contributed by atoms with Crippen LogP contribution < -0.4 is 5.32 Å². The van der Waals surface area contributed by atoms with Crippen molar-refractivity contribution < 1.29 is 9.53 Å². The fourth-order valence-corrected chi connectivity index (χ4v) is 2.19. The van der Waals surface area contributed by atoms with E-state index in [1.807, 2.05) is 18.7 Å². The van der Waals surface area contributed by atoms with Crippen LogP contribution in [-0.4, -0.2) is 74.2 Å². The molecule has 1 aliphatic heterocycles. The lowest BCUT2D eigenvalue weighted by Crippen LogP contribution is -2.47. The number of likely N-dealkylation sites (N-methyl/N-ethyl adjacent to an activating group) is 1. The average Bonchev–Trinajstić information content (AvgIpc) is 2.39. The summed E-state index contributed by atoms with van der Waals surface area (Å²) in [7, 11) is 0. The van der Waals surface area contributed by atoms with E-state index < -0.39 is 0 Å². The number of rotatable bonds is 7. The molecule has 0 aromatic carbocycles. The molecule has 1 atom stereocenters. The first kappa shape index (κ1) is 15.4. The molecule has 0 spiro atoms. The Morgan fingerprint density at radius 3 is 2.50 bits per heavy atom. The van der Waals surface area contributed by atoms with E-state index in [1.54, 1.807) is 0 Å². The van der Waals surface area contributed by atoms with Crippen molar-refractivity contribution in [3.63, 3.8) is 0 Å². The predicted molar refractivity (Wildman–Crippen MR) is 72.7 cm³/mol. The molecule has 1 amide bonds. The maximum atomic E-state index is 11.8. The average molecular weight is 257 g/mol. The summed E-state index contributed by atoms with van der Waals surface area (Å²) >= 11 is 0. The third kappa shape index (κ3) is 5.33. The molecule has 1 fully saturated rings. The smallest absolute Gasteiger partial charge is 0.236 e. The Balaban J connectivity index is 2.19. The lowest BCUT2D eigenvalue weighted by atomic mass is 10.3. The van der Waals surface area contributed by atoms with Gasteiger partial charge in [-0.2, -0.15) is 0 Å². The summed E-state index contributed by atoms with van der Waals surface area (Å²) in [4.78, 5) is 16.1. The summed E-state index contributed by atoms with van der Waals surface area (Å²) in [5, 5.41) is 3.31. The zero-order chi connectivity index (χ0) is 13.4. The molecular formula is C13H27N3O2. The SMILES string of the molecule is CCN(CC)C(=O)CNC(C)CN1CCOCC1. The third-order valence-corrected chi connectivity index (χ3v) is 3.35. The van der Waals surface area contributed by atoms with Crippen LogP contribution in [0.1, 0.15) is 20.8 Å². The van der Waals surface area contributed by atoms with Crippen molar-refractivity contribution in [1.82, 2.24) is 15.1 Å². The molecule has 1 aliphatic rings. The van der Waals surface area contributed by atoms with Crippen molar-refractivity contribution in [2.45, 2.75) is 26.8 Å². The zero-order valence-electron chi connectivity index (χ0n) is 11.9. The van der Waals surface area contributed by atoms with E-state index >= 15 is 0 Å². The van der Waals surface area contributed by atoms with E-state index in [4.69, 9.17) is 4.74 Å². The van der Waals surface area contributed by atoms with Crippen LogP contribution in [-0.2, 0) is 9.53 Å². The summed E-state index contributed by atoms with van der Waals surface area (Å²) in [6, 6.07) is 0.336. The summed E-state index contributed by atoms with van der Waals surface area (Å²) in [6.45, 7) is 12.8. The van der Waals surface area contributed by atoms with Crippen LogP contribution in [0.5, 0.6) is 0 Å². The highest BCUT2D eigenvalue weighted by molar-refractivity contribution is 5.78. The minimum absolute atomic E-state index is 0.189. The largest absolute Gasteiger partial charge is 0.379 e. The first-order chi connectivity index (χ1) is 8.67. The number of hydrogen-bond donors (Lipinski definition) is 1. The molecule has 0 aromatic rings. The van der Waals surface area contributed by atoms with Gasteiger partial charge in [-0.1, -0.05) is 0 Å². The Hall–Kier alpha value is -0.650. The van der Waals surface area contributed by atoms with Crippen LogP contribution >= 0.6 is 0 Å². The van der Waals surface area contributed by atoms with Gasteiger partial charge >= 0.3 is 0 Å². The van der Waals surface area contributed by atoms with Crippen LogP contribution in [0.25, 0.3) is 0 Å². The van der Waals surface area contributed by atoms with Gasteiger partial charge in [0, 0.05) is 38.8 Å². The van der Waals surface area contributed by atoms with Gasteiger partial charge in [0.1, 0.15) is 0 Å². The molecular weight excluding hydrogens is 230 g/mol. The molecule has 106 valence electrons. The van der Waals surface area contributed by atoms with Crippen LogP contribution in [0, 0.1) is 0 Å². The van der Waals surface area contributed by atoms with E-state index in [2.05, 4.69) is 17.1 Å². The Labute approximate surface area is 110 Å². The predicted octanol–water partition coefficient (Wildman–Crippen LogP) is 0.165. The van der Waals surface area contributed by atoms with Gasteiger partial charge in [-0.05, 0) is 20.8 Å². The van der Waals surface area contributed by atoms with Crippen LogP contribution in [0.2, 0.25) is 0 Å². The zero-order valence-corrected chi connectivity index (χ0v) is 11.9. The second-order valence-electron chi connectivity index (χ2n) is 4.76. The van der Waals surface area contributed by atoms with Crippen molar-refractivity contribution in [2.75, 3.05) is 52.5 Å². The number of hydrogen-bond acceptors (Lipinski definition) is 4. The van der Waals surface area contributed by atoms with Gasteiger partial charge in [-0.15, -0.1) is 0 Å². The van der Waals surface area contributed by atoms with Crippen LogP contribution in [0.15, 0.2) is 0 Å². The van der Waals surface area contributed by atoms with Crippen molar-refractivity contribution in [2.24, 2.45) is 0 Å². The van der Waals surface area contributed by atoms with E-state index in [-0.39, 0.29) is 5.91 Å². The molecule has 1 heterocycles. The molecule has 0 bridgehead atoms. The monoisotopic (exact) mass is 257 g/mol. The van der Waals surface area contributed by atoms with Gasteiger partial charge in [-0.25, -0.2) is 0 Å². The summed E-state index contributed by atoms with van der Waals surface area (Å²) in [5.41, 5.74) is 0. The van der Waals surface area contributed by atoms with Crippen molar-refractivity contribution in [3.05, 3.63) is 0 Å². The van der Waals surface area contributed by atoms with Gasteiger partial charge in [0.25, 0.3) is 0 Å². The molecule has 0 saturated carbocycles. The molecule has 0 aromatic heterocycles. The summed E-state index contributed by atoms with van der Waals surface area (Å²) in [6.07, 6.45) is 0. The topological polar surface area (TPSA) is 44.8 Å². The van der Waals surface area contributed by atoms with Crippen molar-refractivity contribution in [1.29, 1.82) is 0 Å². The molecule has 1 saturated heterocycles. The lowest BCUT2D eigenvalue weighted by Gasteiger charge is -2.29. The lowest BCUT2D eigenvalue weighted by molar-refractivity contribution is -0.130. The first-order valence-electron chi connectivity index (χ1n) is 6.98. The molecule has 18 heavy (non-hydrogen) atoms. The van der Waals surface area contributed by atoms with Crippen LogP contribution in [0.3, 0.4) is 0 Å². The Bertz CT molecular complexity index is 238. The van der Waals surface area contributed by atoms with Gasteiger partial charge in [0.05, 0.1) is 19.8 Å². The number of nitrogens with one attached hydrogen (secondary N) is 1. The van der Waals surface area contributed by atoms with Gasteiger partial charge in [-0.3, -0.25) is 9.69 Å². The summed E-state index contributed by atoms with van der Waals surface area (Å²) in [5.74, 6) is 0.189. The van der Waals surface area contributed by atoms with E-state index in [1.165, 1.54) is 0 Å². The normalized spacial score (nSPS) is 18.6. The highest BCUT2D eigenvalue weighted by Crippen LogP contribution is 1.98. The van der Waals surface area contributed by atoms with E-state index in [9.17, 15) is 4.79 Å². The molecule has 1 unspecified atom stereocenters. The Morgan fingerprint density at radius 2 is 1.94 bits per heavy atom. The number of ether oxygens (including phenoxy) is 1. The van der Waals surface area contributed by atoms with Crippen molar-refractivity contribution in [3.8, 4) is 0 Å². The second kappa shape index (κ2) is 8.45. The Kier molecular flexibility index (Phi) is 7.23. The molecule has 0 radical (unpaired) electrons. The number of morpholine rings is 1. The van der Waals surface area contributed by atoms with Crippen molar-refractivity contribution >= 4 is 5.91 Å². The molecule has 1 N–H and O–H groups in total. The van der Waals surface area contributed by atoms with E-state index in [0.29, 0.717) is 12.6 Å². The maximum absolute atomic E-state index is 11.8. The molecule has 5 nitrogen and oxygen atoms in total. The number of amides is 1. The van der Waals surface area contributed by atoms with Gasteiger partial charge < -0.3 is 15.0 Å². The minimum Gasteiger partial charge on any atom is -0.379 e. The quantitative estimate of drug-likeness (QED) is 0.706. The molecule has 1 rings (SSSR count). The highest BCUT2D eigenvalue weighted by atomic mass is 16.5. The minimum atomic E-state index is 0.189. The third-order valence-electron chi connectivity index (χ3n) is 3.35. The van der Waals surface area contributed by atoms with E-state index in [0.717, 1.165) is 45.9 Å². The molecule has 0 aliphatic carbocycles. The van der Waals surface area contributed by atoms with Crippen LogP contribution in [0.4, 0.5) is 0 Å². The first-order valence-corrected chi connectivity index (χ1v) is 6.98. The number of carbonyl (C=O) groups excluding carboxylic acids is 1. The number of carbonyl (C=O) groups is 1. The standard InChI is InChI=1S/C13H27N3O2/c1-4-16(5-2)13(17)10-14-12(3)11-15-6-8-18-9-7-15/h12,14H,4-11H2,1-3H3. The number of nitrogens with zero attached hydrogens (tertiary/aromatic N) is 2. The maximum Gasteiger partial charge on any atom is 0.236 e. The second-order valence-corrected chi connectivity index (χ2v) is 4.76. The van der Waals surface area contributed by atoms with Gasteiger partial charge in [0.15, 0.2) is 0 Å².